The van der Waals surface area contributed by atoms with Gasteiger partial charge in [0.25, 0.3) is 0 Å². The fourth-order valence-corrected chi connectivity index (χ4v) is 2.49. The SMILES string of the molecule is O=C(NN=Cc1ccccc1Cl)C(=O)Nc1cccc2ccccc12. The third-order valence-corrected chi connectivity index (χ3v) is 3.86. The summed E-state index contributed by atoms with van der Waals surface area (Å²) in [5, 5.41) is 8.67. The molecule has 0 unspecified atom stereocenters. The number of rotatable bonds is 3. The molecule has 3 aromatic rings. The summed E-state index contributed by atoms with van der Waals surface area (Å²) in [4.78, 5) is 23.9. The van der Waals surface area contributed by atoms with Gasteiger partial charge in [0, 0.05) is 21.7 Å². The van der Waals surface area contributed by atoms with Crippen LogP contribution in [0, 0.1) is 0 Å². The third-order valence-electron chi connectivity index (χ3n) is 3.52. The van der Waals surface area contributed by atoms with Crippen LogP contribution >= 0.6 is 11.6 Å². The highest BCUT2D eigenvalue weighted by Gasteiger charge is 2.14. The van der Waals surface area contributed by atoms with Gasteiger partial charge in [-0.15, -0.1) is 0 Å². The molecule has 0 spiro atoms. The zero-order valence-corrected chi connectivity index (χ0v) is 13.8. The van der Waals surface area contributed by atoms with Crippen molar-refractivity contribution in [3.63, 3.8) is 0 Å². The van der Waals surface area contributed by atoms with E-state index < -0.39 is 11.8 Å². The number of amides is 2. The van der Waals surface area contributed by atoms with Crippen molar-refractivity contribution in [2.75, 3.05) is 5.32 Å². The van der Waals surface area contributed by atoms with Crippen molar-refractivity contribution >= 4 is 46.1 Å². The molecular formula is C19H14ClN3O2. The van der Waals surface area contributed by atoms with Crippen LogP contribution in [0.25, 0.3) is 10.8 Å². The van der Waals surface area contributed by atoms with E-state index in [1.165, 1.54) is 6.21 Å². The van der Waals surface area contributed by atoms with E-state index in [1.54, 1.807) is 30.3 Å². The smallest absolute Gasteiger partial charge is 0.317 e. The van der Waals surface area contributed by atoms with E-state index in [1.807, 2.05) is 36.4 Å². The molecule has 0 fully saturated rings. The molecule has 2 amide bonds. The Kier molecular flexibility index (Phi) is 5.06. The molecule has 0 saturated heterocycles. The van der Waals surface area contributed by atoms with Gasteiger partial charge in [0.05, 0.1) is 6.21 Å². The maximum Gasteiger partial charge on any atom is 0.329 e. The Hall–Kier alpha value is -3.18. The van der Waals surface area contributed by atoms with Crippen molar-refractivity contribution in [1.29, 1.82) is 0 Å². The lowest BCUT2D eigenvalue weighted by Crippen LogP contribution is -2.32. The van der Waals surface area contributed by atoms with Gasteiger partial charge in [-0.3, -0.25) is 9.59 Å². The van der Waals surface area contributed by atoms with Crippen LogP contribution in [0.15, 0.2) is 71.8 Å². The van der Waals surface area contributed by atoms with Crippen LogP contribution in [-0.2, 0) is 9.59 Å². The molecule has 6 heteroatoms. The first kappa shape index (κ1) is 16.7. The summed E-state index contributed by atoms with van der Waals surface area (Å²) in [7, 11) is 0. The summed E-state index contributed by atoms with van der Waals surface area (Å²) in [5.74, 6) is -1.66. The van der Waals surface area contributed by atoms with Gasteiger partial charge in [-0.05, 0) is 17.5 Å². The summed E-state index contributed by atoms with van der Waals surface area (Å²) >= 11 is 5.98. The van der Waals surface area contributed by atoms with Gasteiger partial charge in [0.1, 0.15) is 0 Å². The molecule has 0 aliphatic carbocycles. The second-order valence-electron chi connectivity index (χ2n) is 5.20. The minimum Gasteiger partial charge on any atom is -0.317 e. The van der Waals surface area contributed by atoms with Crippen molar-refractivity contribution in [1.82, 2.24) is 5.43 Å². The first-order chi connectivity index (χ1) is 12.1. The molecule has 0 bridgehead atoms. The summed E-state index contributed by atoms with van der Waals surface area (Å²) in [6, 6.07) is 20.1. The Morgan fingerprint density at radius 2 is 1.60 bits per heavy atom. The lowest BCUT2D eigenvalue weighted by molar-refractivity contribution is -0.136. The number of nitrogens with zero attached hydrogens (tertiary/aromatic N) is 1. The quantitative estimate of drug-likeness (QED) is 0.430. The molecule has 0 aromatic heterocycles. The number of hydrogen-bond donors (Lipinski definition) is 2. The Morgan fingerprint density at radius 1 is 0.880 bits per heavy atom. The molecule has 0 saturated carbocycles. The number of anilines is 1. The van der Waals surface area contributed by atoms with Crippen LogP contribution in [-0.4, -0.2) is 18.0 Å². The van der Waals surface area contributed by atoms with Crippen molar-refractivity contribution in [3.8, 4) is 0 Å². The molecule has 0 atom stereocenters. The van der Waals surface area contributed by atoms with Crippen LogP contribution < -0.4 is 10.7 Å². The van der Waals surface area contributed by atoms with Crippen molar-refractivity contribution < 1.29 is 9.59 Å². The summed E-state index contributed by atoms with van der Waals surface area (Å²) in [5.41, 5.74) is 3.39. The minimum atomic E-state index is -0.865. The molecule has 0 heterocycles. The number of carbonyl (C=O) groups is 2. The molecular weight excluding hydrogens is 338 g/mol. The maximum atomic E-state index is 12.0. The molecule has 0 radical (unpaired) electrons. The second kappa shape index (κ2) is 7.59. The largest absolute Gasteiger partial charge is 0.329 e. The van der Waals surface area contributed by atoms with E-state index in [2.05, 4.69) is 15.8 Å². The van der Waals surface area contributed by atoms with Gasteiger partial charge in [0.2, 0.25) is 0 Å². The average molecular weight is 352 g/mol. The fourth-order valence-electron chi connectivity index (χ4n) is 2.30. The molecule has 25 heavy (non-hydrogen) atoms. The molecule has 0 aliphatic heterocycles. The Morgan fingerprint density at radius 3 is 2.44 bits per heavy atom. The average Bonchev–Trinajstić information content (AvgIpc) is 2.63. The second-order valence-corrected chi connectivity index (χ2v) is 5.61. The number of fused-ring (bicyclic) bond motifs is 1. The first-order valence-corrected chi connectivity index (χ1v) is 7.89. The molecule has 5 nitrogen and oxygen atoms in total. The molecule has 124 valence electrons. The lowest BCUT2D eigenvalue weighted by atomic mass is 10.1. The topological polar surface area (TPSA) is 70.6 Å². The standard InChI is InChI=1S/C19H14ClN3O2/c20-16-10-4-2-7-14(16)12-21-23-19(25)18(24)22-17-11-5-8-13-6-1-3-9-15(13)17/h1-12H,(H,22,24)(H,23,25). The van der Waals surface area contributed by atoms with Crippen LogP contribution in [0.2, 0.25) is 5.02 Å². The van der Waals surface area contributed by atoms with E-state index in [0.29, 0.717) is 16.3 Å². The highest BCUT2D eigenvalue weighted by molar-refractivity contribution is 6.40. The van der Waals surface area contributed by atoms with Crippen LogP contribution in [0.4, 0.5) is 5.69 Å². The normalized spacial score (nSPS) is 10.8. The minimum absolute atomic E-state index is 0.501. The number of nitrogens with one attached hydrogen (secondary N) is 2. The fraction of sp³-hybridized carbons (Fsp3) is 0. The number of hydrogen-bond acceptors (Lipinski definition) is 3. The predicted octanol–water partition coefficient (Wildman–Crippen LogP) is 3.58. The van der Waals surface area contributed by atoms with Crippen molar-refractivity contribution in [3.05, 3.63) is 77.3 Å². The van der Waals surface area contributed by atoms with Crippen molar-refractivity contribution in [2.24, 2.45) is 5.10 Å². The first-order valence-electron chi connectivity index (χ1n) is 7.52. The number of carbonyl (C=O) groups excluding carboxylic acids is 2. The molecule has 3 aromatic carbocycles. The van der Waals surface area contributed by atoms with Gasteiger partial charge in [-0.2, -0.15) is 5.10 Å². The monoisotopic (exact) mass is 351 g/mol. The number of hydrazone groups is 1. The third kappa shape index (κ3) is 4.02. The molecule has 3 rings (SSSR count). The van der Waals surface area contributed by atoms with Gasteiger partial charge in [-0.25, -0.2) is 5.43 Å². The van der Waals surface area contributed by atoms with E-state index in [9.17, 15) is 9.59 Å². The maximum absolute atomic E-state index is 12.0. The van der Waals surface area contributed by atoms with Crippen molar-refractivity contribution in [2.45, 2.75) is 0 Å². The molecule has 2 N–H and O–H groups in total. The Bertz CT molecular complexity index is 964. The zero-order valence-electron chi connectivity index (χ0n) is 13.1. The zero-order chi connectivity index (χ0) is 17.6. The van der Waals surface area contributed by atoms with Gasteiger partial charge >= 0.3 is 11.8 Å². The summed E-state index contributed by atoms with van der Waals surface area (Å²) in [6.45, 7) is 0. The van der Waals surface area contributed by atoms with Gasteiger partial charge in [-0.1, -0.05) is 66.2 Å². The van der Waals surface area contributed by atoms with Gasteiger partial charge in [0.15, 0.2) is 0 Å². The van der Waals surface area contributed by atoms with Crippen LogP contribution in [0.1, 0.15) is 5.56 Å². The Balaban J connectivity index is 1.67. The lowest BCUT2D eigenvalue weighted by Gasteiger charge is -2.07. The summed E-state index contributed by atoms with van der Waals surface area (Å²) in [6.07, 6.45) is 1.38. The van der Waals surface area contributed by atoms with E-state index in [-0.39, 0.29) is 0 Å². The van der Waals surface area contributed by atoms with Gasteiger partial charge < -0.3 is 5.32 Å². The highest BCUT2D eigenvalue weighted by atomic mass is 35.5. The molecule has 0 aliphatic rings. The summed E-state index contributed by atoms with van der Waals surface area (Å²) < 4.78 is 0. The number of halogens is 1. The predicted molar refractivity (Wildman–Crippen MR) is 99.8 cm³/mol. The number of benzene rings is 3. The highest BCUT2D eigenvalue weighted by Crippen LogP contribution is 2.22. The van der Waals surface area contributed by atoms with Crippen LogP contribution in [0.3, 0.4) is 0 Å². The Labute approximate surface area is 149 Å². The van der Waals surface area contributed by atoms with Crippen LogP contribution in [0.5, 0.6) is 0 Å². The van der Waals surface area contributed by atoms with E-state index in [0.717, 1.165) is 10.8 Å². The van der Waals surface area contributed by atoms with E-state index in [4.69, 9.17) is 11.6 Å². The van der Waals surface area contributed by atoms with E-state index >= 15 is 0 Å².